The smallest absolute Gasteiger partial charge is 0.259 e. The van der Waals surface area contributed by atoms with Crippen LogP contribution in [0, 0.1) is 0 Å². The summed E-state index contributed by atoms with van der Waals surface area (Å²) in [5.41, 5.74) is 1.80. The molecule has 150 valence electrons. The Bertz CT molecular complexity index is 881. The molecule has 0 radical (unpaired) electrons. The summed E-state index contributed by atoms with van der Waals surface area (Å²) >= 11 is 0. The minimum absolute atomic E-state index is 0.164. The van der Waals surface area contributed by atoms with Gasteiger partial charge in [-0.2, -0.15) is 0 Å². The molecule has 0 saturated carbocycles. The number of benzene rings is 2. The Kier molecular flexibility index (Phi) is 5.15. The summed E-state index contributed by atoms with van der Waals surface area (Å²) in [6.07, 6.45) is 0.777. The van der Waals surface area contributed by atoms with Gasteiger partial charge in [-0.15, -0.1) is 0 Å². The van der Waals surface area contributed by atoms with Crippen molar-refractivity contribution in [3.05, 3.63) is 41.5 Å². The van der Waals surface area contributed by atoms with E-state index in [1.54, 1.807) is 35.2 Å². The summed E-state index contributed by atoms with van der Waals surface area (Å²) in [4.78, 5) is 15.4. The number of phenolic OH excluding ortho intramolecular Hbond substituents is 1. The largest absolute Gasteiger partial charge is 0.508 e. The van der Waals surface area contributed by atoms with Crippen LogP contribution in [0.15, 0.2) is 30.3 Å². The second-order valence-corrected chi connectivity index (χ2v) is 7.72. The van der Waals surface area contributed by atoms with E-state index in [1.165, 1.54) is 21.3 Å². The Morgan fingerprint density at radius 2 is 1.68 bits per heavy atom. The van der Waals surface area contributed by atoms with Gasteiger partial charge in [-0.1, -0.05) is 6.92 Å². The highest BCUT2D eigenvalue weighted by atomic mass is 16.5. The van der Waals surface area contributed by atoms with Crippen LogP contribution in [0.25, 0.3) is 0 Å². The molecule has 1 N–H and O–H groups in total. The lowest BCUT2D eigenvalue weighted by molar-refractivity contribution is 0.0953. The van der Waals surface area contributed by atoms with Crippen LogP contribution in [0.4, 0.5) is 5.69 Å². The zero-order chi connectivity index (χ0) is 20.6. The molecule has 1 aliphatic heterocycles. The predicted molar refractivity (Wildman–Crippen MR) is 108 cm³/mol. The summed E-state index contributed by atoms with van der Waals surface area (Å²) in [6, 6.07) is 8.49. The first-order valence-electron chi connectivity index (χ1n) is 9.21. The third-order valence-electron chi connectivity index (χ3n) is 5.31. The maximum atomic E-state index is 13.6. The Labute approximate surface area is 165 Å². The van der Waals surface area contributed by atoms with Gasteiger partial charge in [0.1, 0.15) is 5.75 Å². The fourth-order valence-electron chi connectivity index (χ4n) is 4.13. The molecule has 1 aliphatic rings. The predicted octanol–water partition coefficient (Wildman–Crippen LogP) is 4.35. The number of carbonyl (C=O) groups is 1. The van der Waals surface area contributed by atoms with Crippen molar-refractivity contribution < 1.29 is 24.1 Å². The van der Waals surface area contributed by atoms with E-state index >= 15 is 0 Å². The lowest BCUT2D eigenvalue weighted by Gasteiger charge is -2.46. The number of amides is 1. The van der Waals surface area contributed by atoms with Gasteiger partial charge in [0, 0.05) is 16.8 Å². The number of carbonyl (C=O) groups excluding carboxylic acids is 1. The molecule has 0 bridgehead atoms. The lowest BCUT2D eigenvalue weighted by Crippen LogP contribution is -2.51. The number of rotatable bonds is 4. The minimum Gasteiger partial charge on any atom is -0.508 e. The van der Waals surface area contributed by atoms with E-state index < -0.39 is 5.54 Å². The molecular formula is C22H27NO5. The van der Waals surface area contributed by atoms with E-state index in [2.05, 4.69) is 20.8 Å². The van der Waals surface area contributed by atoms with Crippen molar-refractivity contribution >= 4 is 11.6 Å². The van der Waals surface area contributed by atoms with Crippen LogP contribution in [0.1, 0.15) is 49.0 Å². The first-order valence-corrected chi connectivity index (χ1v) is 9.21. The summed E-state index contributed by atoms with van der Waals surface area (Å²) < 4.78 is 16.2. The van der Waals surface area contributed by atoms with Gasteiger partial charge in [-0.3, -0.25) is 4.79 Å². The van der Waals surface area contributed by atoms with Crippen LogP contribution in [-0.2, 0) is 0 Å². The van der Waals surface area contributed by atoms with Crippen LogP contribution in [0.3, 0.4) is 0 Å². The van der Waals surface area contributed by atoms with Crippen LogP contribution < -0.4 is 19.1 Å². The molecule has 2 aromatic carbocycles. The summed E-state index contributed by atoms with van der Waals surface area (Å²) in [5, 5.41) is 9.92. The molecule has 0 aliphatic carbocycles. The number of phenols is 1. The van der Waals surface area contributed by atoms with Crippen molar-refractivity contribution in [2.45, 2.75) is 38.6 Å². The highest BCUT2D eigenvalue weighted by molar-refractivity contribution is 6.08. The lowest BCUT2D eigenvalue weighted by atomic mass is 9.79. The molecule has 0 saturated heterocycles. The number of hydrogen-bond donors (Lipinski definition) is 1. The molecule has 0 unspecified atom stereocenters. The Morgan fingerprint density at radius 1 is 1.07 bits per heavy atom. The Morgan fingerprint density at radius 3 is 2.21 bits per heavy atom. The topological polar surface area (TPSA) is 68.2 Å². The van der Waals surface area contributed by atoms with Crippen molar-refractivity contribution in [1.82, 2.24) is 0 Å². The average Bonchev–Trinajstić information content (AvgIpc) is 2.66. The van der Waals surface area contributed by atoms with Crippen LogP contribution in [-0.4, -0.2) is 37.9 Å². The van der Waals surface area contributed by atoms with Crippen molar-refractivity contribution in [1.29, 1.82) is 0 Å². The van der Waals surface area contributed by atoms with Gasteiger partial charge in [0.15, 0.2) is 11.5 Å². The van der Waals surface area contributed by atoms with Gasteiger partial charge in [0.05, 0.1) is 21.3 Å². The third kappa shape index (κ3) is 3.23. The number of fused-ring (bicyclic) bond motifs is 1. The second-order valence-electron chi connectivity index (χ2n) is 7.72. The maximum Gasteiger partial charge on any atom is 0.259 e. The SMILES string of the molecule is COc1cc(C(=O)N2c3ccc(O)cc3[C@@H](C)CC2(C)C)cc(OC)c1OC. The minimum atomic E-state index is -0.402. The van der Waals surface area contributed by atoms with Crippen LogP contribution >= 0.6 is 0 Å². The molecule has 28 heavy (non-hydrogen) atoms. The van der Waals surface area contributed by atoms with Crippen LogP contribution in [0.2, 0.25) is 0 Å². The van der Waals surface area contributed by atoms with Gasteiger partial charge in [-0.05, 0) is 62.1 Å². The van der Waals surface area contributed by atoms with Gasteiger partial charge in [0.25, 0.3) is 5.91 Å². The van der Waals surface area contributed by atoms with Crippen LogP contribution in [0.5, 0.6) is 23.0 Å². The standard InChI is InChI=1S/C22H27NO5/c1-13-12-22(2,3)23(17-8-7-15(24)11-16(13)17)21(25)14-9-18(26-4)20(28-6)19(10-14)27-5/h7-11,13,24H,12H2,1-6H3/t13-/m0/s1. The highest BCUT2D eigenvalue weighted by Gasteiger charge is 2.40. The zero-order valence-electron chi connectivity index (χ0n) is 17.2. The molecule has 3 rings (SSSR count). The molecule has 0 aromatic heterocycles. The van der Waals surface area contributed by atoms with Crippen molar-refractivity contribution in [3.8, 4) is 23.0 Å². The van der Waals surface area contributed by atoms with E-state index in [0.29, 0.717) is 22.8 Å². The first kappa shape index (κ1) is 19.9. The number of hydrogen-bond acceptors (Lipinski definition) is 5. The molecule has 6 nitrogen and oxygen atoms in total. The zero-order valence-corrected chi connectivity index (χ0v) is 17.2. The van der Waals surface area contributed by atoms with Gasteiger partial charge >= 0.3 is 0 Å². The van der Waals surface area contributed by atoms with Gasteiger partial charge in [0.2, 0.25) is 5.75 Å². The molecule has 0 fully saturated rings. The summed E-state index contributed by atoms with van der Waals surface area (Å²) in [5.74, 6) is 1.56. The summed E-state index contributed by atoms with van der Waals surface area (Å²) in [7, 11) is 4.58. The quantitative estimate of drug-likeness (QED) is 0.847. The van der Waals surface area contributed by atoms with Crippen molar-refractivity contribution in [3.63, 3.8) is 0 Å². The summed E-state index contributed by atoms with van der Waals surface area (Å²) in [6.45, 7) is 6.21. The number of methoxy groups -OCH3 is 3. The molecule has 1 amide bonds. The van der Waals surface area contributed by atoms with Crippen molar-refractivity contribution in [2.24, 2.45) is 0 Å². The molecule has 1 atom stereocenters. The highest BCUT2D eigenvalue weighted by Crippen LogP contribution is 2.46. The van der Waals surface area contributed by atoms with Crippen molar-refractivity contribution in [2.75, 3.05) is 26.2 Å². The molecule has 2 aromatic rings. The number of nitrogens with zero attached hydrogens (tertiary/aromatic N) is 1. The third-order valence-corrected chi connectivity index (χ3v) is 5.31. The first-order chi connectivity index (χ1) is 13.2. The Hall–Kier alpha value is -2.89. The molecule has 6 heteroatoms. The van der Waals surface area contributed by atoms with Gasteiger partial charge < -0.3 is 24.2 Å². The van der Waals surface area contributed by atoms with E-state index in [1.807, 2.05) is 0 Å². The Balaban J connectivity index is 2.15. The monoisotopic (exact) mass is 385 g/mol. The normalized spacial score (nSPS) is 17.6. The number of anilines is 1. The van der Waals surface area contributed by atoms with Gasteiger partial charge in [-0.25, -0.2) is 0 Å². The van der Waals surface area contributed by atoms with E-state index in [4.69, 9.17) is 14.2 Å². The number of ether oxygens (including phenoxy) is 3. The fourth-order valence-corrected chi connectivity index (χ4v) is 4.13. The average molecular weight is 385 g/mol. The molecule has 1 heterocycles. The second kappa shape index (κ2) is 7.26. The van der Waals surface area contributed by atoms with E-state index in [-0.39, 0.29) is 17.6 Å². The molecular weight excluding hydrogens is 358 g/mol. The molecule has 0 spiro atoms. The van der Waals surface area contributed by atoms with E-state index in [0.717, 1.165) is 17.7 Å². The maximum absolute atomic E-state index is 13.6. The van der Waals surface area contributed by atoms with E-state index in [9.17, 15) is 9.90 Å². The fraction of sp³-hybridized carbons (Fsp3) is 0.409. The number of aromatic hydroxyl groups is 1.